The third-order valence-corrected chi connectivity index (χ3v) is 5.87. The Morgan fingerprint density at radius 3 is 2.50 bits per heavy atom. The smallest absolute Gasteiger partial charge is 0.220 e. The molecule has 0 bridgehead atoms. The van der Waals surface area contributed by atoms with E-state index in [0.29, 0.717) is 29.9 Å². The quantitative estimate of drug-likeness (QED) is 0.886. The van der Waals surface area contributed by atoms with Crippen molar-refractivity contribution in [2.24, 2.45) is 0 Å². The molecule has 26 heavy (non-hydrogen) atoms. The Balaban J connectivity index is 2.04. The van der Waals surface area contributed by atoms with Gasteiger partial charge in [0.1, 0.15) is 5.60 Å². The number of benzene rings is 1. The molecule has 1 saturated heterocycles. The van der Waals surface area contributed by atoms with E-state index in [2.05, 4.69) is 4.90 Å². The molecule has 0 spiro atoms. The minimum Gasteiger partial charge on any atom is -0.493 e. The van der Waals surface area contributed by atoms with Gasteiger partial charge in [-0.25, -0.2) is 0 Å². The molecule has 1 unspecified atom stereocenters. The number of hydrogen-bond donors (Lipinski definition) is 1. The number of piperidine rings is 1. The second kappa shape index (κ2) is 5.86. The molecule has 2 atom stereocenters. The van der Waals surface area contributed by atoms with Gasteiger partial charge in [0.05, 0.1) is 27.4 Å². The number of methoxy groups -OCH3 is 3. The molecule has 138 valence electrons. The fraction of sp³-hybridized carbons (Fsp3) is 0.450. The van der Waals surface area contributed by atoms with Gasteiger partial charge in [0, 0.05) is 12.1 Å². The number of carbonyl (C=O) groups excluding carboxylic acids is 1. The molecule has 1 aromatic carbocycles. The molecule has 0 amide bonds. The average molecular weight is 357 g/mol. The molecule has 1 N–H and O–H groups in total. The number of likely N-dealkylation sites (tertiary alicyclic amines) is 1. The predicted molar refractivity (Wildman–Crippen MR) is 96.3 cm³/mol. The number of ether oxygens (including phenoxy) is 3. The van der Waals surface area contributed by atoms with E-state index in [1.165, 1.54) is 7.11 Å². The Morgan fingerprint density at radius 1 is 1.15 bits per heavy atom. The van der Waals surface area contributed by atoms with Crippen LogP contribution in [0.3, 0.4) is 0 Å². The van der Waals surface area contributed by atoms with Crippen molar-refractivity contribution in [1.82, 2.24) is 4.90 Å². The van der Waals surface area contributed by atoms with E-state index in [-0.39, 0.29) is 17.6 Å². The van der Waals surface area contributed by atoms with Crippen LogP contribution in [-0.2, 0) is 16.0 Å². The van der Waals surface area contributed by atoms with Crippen molar-refractivity contribution in [3.63, 3.8) is 0 Å². The van der Waals surface area contributed by atoms with Crippen LogP contribution in [0.4, 0.5) is 0 Å². The van der Waals surface area contributed by atoms with Crippen molar-refractivity contribution < 1.29 is 24.1 Å². The molecule has 1 fully saturated rings. The highest BCUT2D eigenvalue weighted by molar-refractivity contribution is 6.13. The van der Waals surface area contributed by atoms with Crippen molar-refractivity contribution >= 4 is 11.4 Å². The van der Waals surface area contributed by atoms with Crippen LogP contribution in [0.5, 0.6) is 11.5 Å². The largest absolute Gasteiger partial charge is 0.493 e. The van der Waals surface area contributed by atoms with Crippen molar-refractivity contribution in [3.05, 3.63) is 40.7 Å². The van der Waals surface area contributed by atoms with Gasteiger partial charge in [-0.1, -0.05) is 0 Å². The summed E-state index contributed by atoms with van der Waals surface area (Å²) in [4.78, 5) is 14.8. The van der Waals surface area contributed by atoms with Crippen molar-refractivity contribution in [1.29, 1.82) is 0 Å². The van der Waals surface area contributed by atoms with Crippen molar-refractivity contribution in [3.8, 4) is 11.5 Å². The van der Waals surface area contributed by atoms with Gasteiger partial charge in [-0.3, -0.25) is 9.69 Å². The van der Waals surface area contributed by atoms with E-state index >= 15 is 0 Å². The van der Waals surface area contributed by atoms with Gasteiger partial charge in [0.2, 0.25) is 5.78 Å². The van der Waals surface area contributed by atoms with Gasteiger partial charge >= 0.3 is 0 Å². The van der Waals surface area contributed by atoms with Gasteiger partial charge in [0.25, 0.3) is 0 Å². The summed E-state index contributed by atoms with van der Waals surface area (Å²) in [5, 5.41) is 11.8. The van der Waals surface area contributed by atoms with E-state index in [4.69, 9.17) is 14.2 Å². The average Bonchev–Trinajstić information content (AvgIpc) is 2.64. The van der Waals surface area contributed by atoms with Gasteiger partial charge < -0.3 is 19.3 Å². The number of nitrogens with zero attached hydrogens (tertiary/aromatic N) is 1. The minimum absolute atomic E-state index is 0.165. The summed E-state index contributed by atoms with van der Waals surface area (Å²) in [5.41, 5.74) is 1.86. The van der Waals surface area contributed by atoms with Gasteiger partial charge in [-0.15, -0.1) is 0 Å². The predicted octanol–water partition coefficient (Wildman–Crippen LogP) is 1.56. The molecule has 6 nitrogen and oxygen atoms in total. The lowest BCUT2D eigenvalue weighted by Gasteiger charge is -2.52. The summed E-state index contributed by atoms with van der Waals surface area (Å²) in [7, 11) is 6.65. The van der Waals surface area contributed by atoms with E-state index in [1.54, 1.807) is 20.3 Å². The lowest BCUT2D eigenvalue weighted by molar-refractivity contribution is -0.115. The van der Waals surface area contributed by atoms with Crippen LogP contribution in [0.15, 0.2) is 29.5 Å². The van der Waals surface area contributed by atoms with Crippen LogP contribution >= 0.6 is 0 Å². The highest BCUT2D eigenvalue weighted by atomic mass is 16.5. The minimum atomic E-state index is -1.24. The lowest BCUT2D eigenvalue weighted by atomic mass is 9.63. The Bertz CT molecular complexity index is 856. The fourth-order valence-corrected chi connectivity index (χ4v) is 4.57. The number of carbonyl (C=O) groups is 1. The molecule has 1 aromatic rings. The van der Waals surface area contributed by atoms with Crippen LogP contribution in [0.1, 0.15) is 17.5 Å². The molecule has 4 rings (SSSR count). The topological polar surface area (TPSA) is 68.2 Å². The third-order valence-electron chi connectivity index (χ3n) is 5.87. The molecule has 0 aromatic heterocycles. The summed E-state index contributed by atoms with van der Waals surface area (Å²) in [6.45, 7) is 0.796. The molecule has 1 heterocycles. The van der Waals surface area contributed by atoms with Gasteiger partial charge in [-0.2, -0.15) is 0 Å². The maximum absolute atomic E-state index is 12.7. The summed E-state index contributed by atoms with van der Waals surface area (Å²) in [5.74, 6) is 1.19. The second-order valence-electron chi connectivity index (χ2n) is 7.02. The van der Waals surface area contributed by atoms with Crippen LogP contribution in [0, 0.1) is 0 Å². The molecular weight excluding hydrogens is 334 g/mol. The number of hydrogen-bond acceptors (Lipinski definition) is 6. The monoisotopic (exact) mass is 357 g/mol. The number of allylic oxidation sites excluding steroid dienone is 1. The zero-order valence-corrected chi connectivity index (χ0v) is 15.5. The fourth-order valence-electron chi connectivity index (χ4n) is 4.57. The molecule has 0 saturated carbocycles. The maximum atomic E-state index is 12.7. The van der Waals surface area contributed by atoms with Crippen molar-refractivity contribution in [2.45, 2.75) is 24.5 Å². The zero-order chi connectivity index (χ0) is 18.6. The number of aliphatic hydroxyl groups is 1. The maximum Gasteiger partial charge on any atom is 0.220 e. The molecule has 0 radical (unpaired) electrons. The first-order chi connectivity index (χ1) is 12.4. The van der Waals surface area contributed by atoms with Gasteiger partial charge in [0.15, 0.2) is 17.3 Å². The summed E-state index contributed by atoms with van der Waals surface area (Å²) < 4.78 is 16.3. The summed E-state index contributed by atoms with van der Waals surface area (Å²) in [6, 6.07) is 3.60. The van der Waals surface area contributed by atoms with E-state index in [9.17, 15) is 9.90 Å². The number of ketones is 1. The lowest BCUT2D eigenvalue weighted by Crippen LogP contribution is -2.61. The molecule has 2 aliphatic carbocycles. The Morgan fingerprint density at radius 2 is 1.85 bits per heavy atom. The SMILES string of the molecule is COC1=C2c3cc(OC)c(OC)cc3C[C@@H]3N(C)CCC(=CC1=O)C23O. The standard InChI is InChI=1S/C20H23NO5/c1-21-6-5-12-9-14(22)19(26-4)18-13-10-16(25-3)15(24-2)7-11(13)8-17(21)20(12,18)23/h7,9-10,17,23H,5-6,8H2,1-4H3/t17-,20?/m0/s1. The van der Waals surface area contributed by atoms with Crippen LogP contribution in [0.25, 0.3) is 5.57 Å². The zero-order valence-electron chi connectivity index (χ0n) is 15.5. The molecular formula is C20H23NO5. The summed E-state index contributed by atoms with van der Waals surface area (Å²) >= 11 is 0. The Hall–Kier alpha value is -2.31. The van der Waals surface area contributed by atoms with E-state index in [1.807, 2.05) is 19.2 Å². The van der Waals surface area contributed by atoms with Crippen LogP contribution in [-0.4, -0.2) is 62.4 Å². The first-order valence-corrected chi connectivity index (χ1v) is 8.67. The first-order valence-electron chi connectivity index (χ1n) is 8.67. The van der Waals surface area contributed by atoms with E-state index < -0.39 is 5.60 Å². The molecule has 1 aliphatic heterocycles. The third kappa shape index (κ3) is 2.09. The molecule has 6 heteroatoms. The molecule has 3 aliphatic rings. The highest BCUT2D eigenvalue weighted by Crippen LogP contribution is 2.52. The van der Waals surface area contributed by atoms with Crippen LogP contribution in [0.2, 0.25) is 0 Å². The van der Waals surface area contributed by atoms with Gasteiger partial charge in [-0.05, 0) is 54.8 Å². The van der Waals surface area contributed by atoms with Crippen LogP contribution < -0.4 is 9.47 Å². The first kappa shape index (κ1) is 17.1. The Labute approximate surface area is 152 Å². The highest BCUT2D eigenvalue weighted by Gasteiger charge is 2.55. The van der Waals surface area contributed by atoms with E-state index in [0.717, 1.165) is 23.2 Å². The normalized spacial score (nSPS) is 27.5. The second-order valence-corrected chi connectivity index (χ2v) is 7.02. The number of rotatable bonds is 3. The number of fused-ring (bicyclic) bond motifs is 2. The number of likely N-dealkylation sites (N-methyl/N-ethyl adjacent to an activating group) is 1. The Kier molecular flexibility index (Phi) is 3.86. The van der Waals surface area contributed by atoms with Crippen molar-refractivity contribution in [2.75, 3.05) is 34.9 Å². The summed E-state index contributed by atoms with van der Waals surface area (Å²) in [6.07, 6.45) is 2.85.